The second-order valence-electron chi connectivity index (χ2n) is 4.57. The van der Waals surface area contributed by atoms with Crippen LogP contribution in [0.5, 0.6) is 0 Å². The van der Waals surface area contributed by atoms with Crippen molar-refractivity contribution in [2.75, 3.05) is 38.3 Å². The number of aryl methyl sites for hydroxylation is 2. The number of carbonyl (C=O) groups excluding carboxylic acids is 1. The quantitative estimate of drug-likeness (QED) is 0.560. The lowest BCUT2D eigenvalue weighted by atomic mass is 10.1. The van der Waals surface area contributed by atoms with Crippen molar-refractivity contribution in [2.45, 2.75) is 20.8 Å². The Bertz CT molecular complexity index is 418. The molecule has 0 unspecified atom stereocenters. The highest BCUT2D eigenvalue weighted by molar-refractivity contribution is 5.70. The molecule has 1 aromatic rings. The third-order valence-electron chi connectivity index (χ3n) is 2.86. The minimum atomic E-state index is -0.309. The number of hydrogen-bond donors (Lipinski definition) is 0. The molecule has 106 valence electrons. The van der Waals surface area contributed by atoms with Crippen LogP contribution in [0.25, 0.3) is 0 Å². The van der Waals surface area contributed by atoms with Crippen molar-refractivity contribution in [3.05, 3.63) is 29.3 Å². The number of hydrogen-bond acceptors (Lipinski definition) is 4. The molecule has 0 aliphatic rings. The summed E-state index contributed by atoms with van der Waals surface area (Å²) in [5, 5.41) is 0. The van der Waals surface area contributed by atoms with Crippen molar-refractivity contribution in [2.24, 2.45) is 0 Å². The average Bonchev–Trinajstić information content (AvgIpc) is 2.34. The highest BCUT2D eigenvalue weighted by Crippen LogP contribution is 2.19. The molecule has 0 spiro atoms. The maximum atomic E-state index is 11.1. The van der Waals surface area contributed by atoms with Crippen molar-refractivity contribution < 1.29 is 14.3 Å². The first-order valence-corrected chi connectivity index (χ1v) is 6.56. The first-order valence-electron chi connectivity index (χ1n) is 6.56. The third-order valence-corrected chi connectivity index (χ3v) is 2.86. The van der Waals surface area contributed by atoms with Gasteiger partial charge in [-0.3, -0.25) is 0 Å². The maximum absolute atomic E-state index is 11.1. The lowest BCUT2D eigenvalue weighted by Gasteiger charge is -2.21. The lowest BCUT2D eigenvalue weighted by Crippen LogP contribution is -2.24. The van der Waals surface area contributed by atoms with Crippen LogP contribution in [-0.2, 0) is 14.3 Å². The van der Waals surface area contributed by atoms with Gasteiger partial charge in [-0.15, -0.1) is 0 Å². The second kappa shape index (κ2) is 7.79. The molecule has 0 aliphatic carbocycles. The van der Waals surface area contributed by atoms with Crippen molar-refractivity contribution in [1.29, 1.82) is 0 Å². The fourth-order valence-electron chi connectivity index (χ4n) is 1.91. The van der Waals surface area contributed by atoms with Crippen molar-refractivity contribution in [1.82, 2.24) is 0 Å². The Morgan fingerprint density at radius 3 is 2.68 bits per heavy atom. The summed E-state index contributed by atoms with van der Waals surface area (Å²) in [6.07, 6.45) is 0. The van der Waals surface area contributed by atoms with Crippen LogP contribution in [0.1, 0.15) is 18.1 Å². The summed E-state index contributed by atoms with van der Waals surface area (Å²) in [6, 6.07) is 6.36. The van der Waals surface area contributed by atoms with Gasteiger partial charge in [0.05, 0.1) is 13.2 Å². The summed E-state index contributed by atoms with van der Waals surface area (Å²) < 4.78 is 10.1. The predicted molar refractivity (Wildman–Crippen MR) is 76.6 cm³/mol. The molecule has 0 aliphatic heterocycles. The van der Waals surface area contributed by atoms with Crippen molar-refractivity contribution in [3.63, 3.8) is 0 Å². The van der Waals surface area contributed by atoms with E-state index >= 15 is 0 Å². The number of rotatable bonds is 7. The number of benzene rings is 1. The Hall–Kier alpha value is -1.55. The molecule has 0 N–H and O–H groups in total. The Kier molecular flexibility index (Phi) is 6.36. The smallest absolute Gasteiger partial charge is 0.332 e. The summed E-state index contributed by atoms with van der Waals surface area (Å²) in [5.74, 6) is -0.309. The van der Waals surface area contributed by atoms with Crippen molar-refractivity contribution >= 4 is 11.7 Å². The second-order valence-corrected chi connectivity index (χ2v) is 4.57. The number of nitrogens with zero attached hydrogens (tertiary/aromatic N) is 1. The van der Waals surface area contributed by atoms with Crippen LogP contribution in [0.4, 0.5) is 5.69 Å². The van der Waals surface area contributed by atoms with Crippen LogP contribution in [0.15, 0.2) is 18.2 Å². The molecule has 4 heteroatoms. The summed E-state index contributed by atoms with van der Waals surface area (Å²) >= 11 is 0. The molecule has 0 saturated heterocycles. The minimum Gasteiger partial charge on any atom is -0.464 e. The van der Waals surface area contributed by atoms with E-state index < -0.39 is 0 Å². The van der Waals surface area contributed by atoms with E-state index in [0.29, 0.717) is 13.2 Å². The minimum absolute atomic E-state index is 0.0224. The van der Waals surface area contributed by atoms with Gasteiger partial charge in [0.1, 0.15) is 6.61 Å². The Morgan fingerprint density at radius 1 is 1.32 bits per heavy atom. The first kappa shape index (κ1) is 15.5. The zero-order valence-electron chi connectivity index (χ0n) is 12.2. The van der Waals surface area contributed by atoms with E-state index in [-0.39, 0.29) is 12.6 Å². The lowest BCUT2D eigenvalue weighted by molar-refractivity contribution is -0.148. The normalized spacial score (nSPS) is 10.3. The fourth-order valence-corrected chi connectivity index (χ4v) is 1.91. The van der Waals surface area contributed by atoms with Crippen LogP contribution in [0, 0.1) is 13.8 Å². The number of carbonyl (C=O) groups is 1. The molecule has 0 atom stereocenters. The largest absolute Gasteiger partial charge is 0.464 e. The van der Waals surface area contributed by atoms with Gasteiger partial charge in [-0.25, -0.2) is 4.79 Å². The molecule has 0 amide bonds. The van der Waals surface area contributed by atoms with E-state index in [1.165, 1.54) is 16.8 Å². The van der Waals surface area contributed by atoms with Crippen LogP contribution in [0.2, 0.25) is 0 Å². The molecular formula is C15H23NO3. The van der Waals surface area contributed by atoms with E-state index in [1.54, 1.807) is 6.92 Å². The number of anilines is 1. The molecule has 0 saturated carbocycles. The topological polar surface area (TPSA) is 38.8 Å². The van der Waals surface area contributed by atoms with Gasteiger partial charge < -0.3 is 14.4 Å². The Balaban J connectivity index is 2.35. The van der Waals surface area contributed by atoms with Gasteiger partial charge in [-0.1, -0.05) is 17.7 Å². The molecule has 0 heterocycles. The molecule has 4 nitrogen and oxygen atoms in total. The van der Waals surface area contributed by atoms with Gasteiger partial charge in [0.15, 0.2) is 0 Å². The van der Waals surface area contributed by atoms with E-state index in [2.05, 4.69) is 36.9 Å². The summed E-state index contributed by atoms with van der Waals surface area (Å²) in [6.45, 7) is 7.62. The summed E-state index contributed by atoms with van der Waals surface area (Å²) in [5.41, 5.74) is 3.69. The fraction of sp³-hybridized carbons (Fsp3) is 0.533. The Labute approximate surface area is 115 Å². The highest BCUT2D eigenvalue weighted by atomic mass is 16.6. The van der Waals surface area contributed by atoms with Gasteiger partial charge in [0.25, 0.3) is 0 Å². The van der Waals surface area contributed by atoms with Gasteiger partial charge in [-0.05, 0) is 32.4 Å². The molecule has 0 bridgehead atoms. The van der Waals surface area contributed by atoms with Gasteiger partial charge in [-0.2, -0.15) is 0 Å². The maximum Gasteiger partial charge on any atom is 0.332 e. The average molecular weight is 265 g/mol. The zero-order valence-corrected chi connectivity index (χ0v) is 12.2. The molecule has 0 aromatic heterocycles. The van der Waals surface area contributed by atoms with Crippen LogP contribution < -0.4 is 4.90 Å². The van der Waals surface area contributed by atoms with E-state index in [1.807, 2.05) is 7.05 Å². The van der Waals surface area contributed by atoms with E-state index in [9.17, 15) is 4.79 Å². The molecule has 1 aromatic carbocycles. The monoisotopic (exact) mass is 265 g/mol. The highest BCUT2D eigenvalue weighted by Gasteiger charge is 2.06. The standard InChI is InChI=1S/C15H23NO3/c1-5-19-15(17)11-18-9-8-16(4)14-7-6-12(2)10-13(14)3/h6-7,10H,5,8-9,11H2,1-4H3. The predicted octanol–water partition coefficient (Wildman–Crippen LogP) is 2.32. The van der Waals surface area contributed by atoms with Gasteiger partial charge in [0.2, 0.25) is 0 Å². The molecule has 0 fully saturated rings. The van der Waals surface area contributed by atoms with Gasteiger partial charge in [0, 0.05) is 19.3 Å². The van der Waals surface area contributed by atoms with E-state index in [4.69, 9.17) is 9.47 Å². The SMILES string of the molecule is CCOC(=O)COCCN(C)c1ccc(C)cc1C. The third kappa shape index (κ3) is 5.30. The molecular weight excluding hydrogens is 242 g/mol. The first-order chi connectivity index (χ1) is 9.04. The zero-order chi connectivity index (χ0) is 14.3. The van der Waals surface area contributed by atoms with E-state index in [0.717, 1.165) is 6.54 Å². The number of likely N-dealkylation sites (N-methyl/N-ethyl adjacent to an activating group) is 1. The van der Waals surface area contributed by atoms with Crippen LogP contribution >= 0.6 is 0 Å². The number of ether oxygens (including phenoxy) is 2. The summed E-state index contributed by atoms with van der Waals surface area (Å²) in [7, 11) is 2.02. The summed E-state index contributed by atoms with van der Waals surface area (Å²) in [4.78, 5) is 13.2. The van der Waals surface area contributed by atoms with Crippen molar-refractivity contribution in [3.8, 4) is 0 Å². The Morgan fingerprint density at radius 2 is 2.05 bits per heavy atom. The van der Waals surface area contributed by atoms with Crippen LogP contribution in [0.3, 0.4) is 0 Å². The molecule has 19 heavy (non-hydrogen) atoms. The number of esters is 1. The molecule has 1 rings (SSSR count). The molecule has 0 radical (unpaired) electrons. The van der Waals surface area contributed by atoms with Crippen LogP contribution in [-0.4, -0.2) is 39.4 Å². The van der Waals surface area contributed by atoms with Gasteiger partial charge >= 0.3 is 5.97 Å².